The molecule has 1 atom stereocenters. The molecule has 0 aliphatic rings. The van der Waals surface area contributed by atoms with Gasteiger partial charge in [0.1, 0.15) is 5.75 Å². The van der Waals surface area contributed by atoms with Crippen LogP contribution in [0.15, 0.2) is 18.2 Å². The molecule has 0 N–H and O–H groups in total. The van der Waals surface area contributed by atoms with E-state index >= 15 is 0 Å². The molecule has 17 heavy (non-hydrogen) atoms. The molecule has 96 valence electrons. The van der Waals surface area contributed by atoms with Crippen LogP contribution in [0, 0.1) is 0 Å². The molecule has 1 rings (SSSR count). The highest BCUT2D eigenvalue weighted by Gasteiger charge is 2.28. The largest absolute Gasteiger partial charge is 0.483 e. The average molecular weight is 267 g/mol. The summed E-state index contributed by atoms with van der Waals surface area (Å²) in [5, 5.41) is 0.196. The molecule has 0 fully saturated rings. The van der Waals surface area contributed by atoms with Crippen LogP contribution < -0.4 is 4.74 Å². The normalized spacial score (nSPS) is 13.5. The number of hydrogen-bond acceptors (Lipinski definition) is 1. The number of halogens is 4. The van der Waals surface area contributed by atoms with Gasteiger partial charge in [0.2, 0.25) is 0 Å². The lowest BCUT2D eigenvalue weighted by Gasteiger charge is -2.14. The molecule has 0 heterocycles. The first-order valence-corrected chi connectivity index (χ1v) is 5.70. The summed E-state index contributed by atoms with van der Waals surface area (Å²) in [7, 11) is 0. The van der Waals surface area contributed by atoms with Gasteiger partial charge in [-0.05, 0) is 30.0 Å². The summed E-state index contributed by atoms with van der Waals surface area (Å²) in [5.74, 6) is 0.349. The average Bonchev–Trinajstić information content (AvgIpc) is 2.26. The van der Waals surface area contributed by atoms with E-state index in [0.717, 1.165) is 12.0 Å². The lowest BCUT2D eigenvalue weighted by atomic mass is 9.99. The van der Waals surface area contributed by atoms with Crippen LogP contribution in [0.3, 0.4) is 0 Å². The molecule has 1 unspecified atom stereocenters. The molecule has 0 saturated heterocycles. The fraction of sp³-hybridized carbons (Fsp3) is 0.500. The van der Waals surface area contributed by atoms with E-state index in [-0.39, 0.29) is 16.7 Å². The Bertz CT molecular complexity index is 377. The zero-order valence-electron chi connectivity index (χ0n) is 9.64. The Balaban J connectivity index is 2.83. The highest BCUT2D eigenvalue weighted by molar-refractivity contribution is 6.32. The Hall–Kier alpha value is -0.900. The van der Waals surface area contributed by atoms with Gasteiger partial charge in [-0.3, -0.25) is 0 Å². The monoisotopic (exact) mass is 266 g/mol. The first-order chi connectivity index (χ1) is 7.83. The van der Waals surface area contributed by atoms with Crippen molar-refractivity contribution in [3.8, 4) is 5.75 Å². The molecule has 0 bridgehead atoms. The van der Waals surface area contributed by atoms with Gasteiger partial charge in [-0.15, -0.1) is 0 Å². The Morgan fingerprint density at radius 2 is 2.00 bits per heavy atom. The molecule has 0 radical (unpaired) electrons. The SMILES string of the molecule is CCC(C)c1ccc(Cl)c(OCC(F)(F)F)c1. The van der Waals surface area contributed by atoms with Gasteiger partial charge in [0, 0.05) is 0 Å². The molecular formula is C12H14ClF3O. The highest BCUT2D eigenvalue weighted by atomic mass is 35.5. The third-order valence-electron chi connectivity index (χ3n) is 2.53. The van der Waals surface area contributed by atoms with Gasteiger partial charge in [-0.1, -0.05) is 31.5 Å². The van der Waals surface area contributed by atoms with E-state index in [9.17, 15) is 13.2 Å². The van der Waals surface area contributed by atoms with E-state index in [2.05, 4.69) is 4.74 Å². The second-order valence-corrected chi connectivity index (χ2v) is 4.31. The van der Waals surface area contributed by atoms with Crippen molar-refractivity contribution in [3.63, 3.8) is 0 Å². The second-order valence-electron chi connectivity index (χ2n) is 3.90. The number of alkyl halides is 3. The van der Waals surface area contributed by atoms with Crippen molar-refractivity contribution in [2.75, 3.05) is 6.61 Å². The van der Waals surface area contributed by atoms with Gasteiger partial charge < -0.3 is 4.74 Å². The predicted octanol–water partition coefficient (Wildman–Crippen LogP) is 4.79. The Kier molecular flexibility index (Phi) is 4.69. The predicted molar refractivity (Wildman–Crippen MR) is 61.7 cm³/mol. The molecule has 0 amide bonds. The first-order valence-electron chi connectivity index (χ1n) is 5.32. The summed E-state index contributed by atoms with van der Waals surface area (Å²) >= 11 is 5.78. The second kappa shape index (κ2) is 5.63. The number of hydrogen-bond donors (Lipinski definition) is 0. The minimum atomic E-state index is -4.35. The quantitative estimate of drug-likeness (QED) is 0.761. The lowest BCUT2D eigenvalue weighted by Crippen LogP contribution is -2.19. The highest BCUT2D eigenvalue weighted by Crippen LogP contribution is 2.31. The third kappa shape index (κ3) is 4.46. The van der Waals surface area contributed by atoms with Crippen molar-refractivity contribution < 1.29 is 17.9 Å². The zero-order chi connectivity index (χ0) is 13.1. The van der Waals surface area contributed by atoms with Crippen molar-refractivity contribution in [2.45, 2.75) is 32.4 Å². The summed E-state index contributed by atoms with van der Waals surface area (Å²) in [6.07, 6.45) is -3.45. The number of rotatable bonds is 4. The fourth-order valence-electron chi connectivity index (χ4n) is 1.33. The topological polar surface area (TPSA) is 9.23 Å². The third-order valence-corrected chi connectivity index (χ3v) is 2.84. The van der Waals surface area contributed by atoms with Crippen LogP contribution in [0.4, 0.5) is 13.2 Å². The van der Waals surface area contributed by atoms with Gasteiger partial charge in [0.25, 0.3) is 0 Å². The van der Waals surface area contributed by atoms with Crippen LogP contribution in [0.5, 0.6) is 5.75 Å². The Labute approximate surface area is 104 Å². The molecule has 1 nitrogen and oxygen atoms in total. The molecule has 0 spiro atoms. The van der Waals surface area contributed by atoms with Gasteiger partial charge in [-0.2, -0.15) is 13.2 Å². The fourth-order valence-corrected chi connectivity index (χ4v) is 1.50. The van der Waals surface area contributed by atoms with Gasteiger partial charge in [-0.25, -0.2) is 0 Å². The Morgan fingerprint density at radius 1 is 1.35 bits per heavy atom. The van der Waals surface area contributed by atoms with Crippen LogP contribution in [0.1, 0.15) is 31.7 Å². The van der Waals surface area contributed by atoms with Crippen molar-refractivity contribution in [2.24, 2.45) is 0 Å². The minimum absolute atomic E-state index is 0.0850. The minimum Gasteiger partial charge on any atom is -0.483 e. The van der Waals surface area contributed by atoms with Crippen LogP contribution in [0.25, 0.3) is 0 Å². The van der Waals surface area contributed by atoms with Gasteiger partial charge in [0.15, 0.2) is 6.61 Å². The van der Waals surface area contributed by atoms with E-state index in [4.69, 9.17) is 11.6 Å². The standard InChI is InChI=1S/C12H14ClF3O/c1-3-8(2)9-4-5-10(13)11(6-9)17-7-12(14,15)16/h4-6,8H,3,7H2,1-2H3. The van der Waals surface area contributed by atoms with Crippen molar-refractivity contribution in [1.29, 1.82) is 0 Å². The number of benzene rings is 1. The van der Waals surface area contributed by atoms with Crippen molar-refractivity contribution in [1.82, 2.24) is 0 Å². The maximum Gasteiger partial charge on any atom is 0.422 e. The zero-order valence-corrected chi connectivity index (χ0v) is 10.4. The maximum atomic E-state index is 12.0. The molecule has 5 heteroatoms. The molecule has 1 aromatic carbocycles. The molecule has 0 aromatic heterocycles. The van der Waals surface area contributed by atoms with E-state index in [1.165, 1.54) is 0 Å². The maximum absolute atomic E-state index is 12.0. The summed E-state index contributed by atoms with van der Waals surface area (Å²) in [6, 6.07) is 4.94. The molecular weight excluding hydrogens is 253 g/mol. The van der Waals surface area contributed by atoms with Gasteiger partial charge in [0.05, 0.1) is 5.02 Å². The molecule has 1 aromatic rings. The van der Waals surface area contributed by atoms with Crippen LogP contribution in [0.2, 0.25) is 5.02 Å². The summed E-state index contributed by atoms with van der Waals surface area (Å²) in [4.78, 5) is 0. The van der Waals surface area contributed by atoms with Crippen molar-refractivity contribution >= 4 is 11.6 Å². The van der Waals surface area contributed by atoms with E-state index in [1.54, 1.807) is 18.2 Å². The van der Waals surface area contributed by atoms with Crippen LogP contribution in [-0.4, -0.2) is 12.8 Å². The molecule has 0 aliphatic carbocycles. The molecule has 0 saturated carbocycles. The summed E-state index contributed by atoms with van der Waals surface area (Å²) in [5.41, 5.74) is 0.925. The first kappa shape index (κ1) is 14.2. The van der Waals surface area contributed by atoms with Gasteiger partial charge >= 0.3 is 6.18 Å². The lowest BCUT2D eigenvalue weighted by molar-refractivity contribution is -0.153. The number of ether oxygens (including phenoxy) is 1. The Morgan fingerprint density at radius 3 is 2.53 bits per heavy atom. The van der Waals surface area contributed by atoms with Crippen LogP contribution >= 0.6 is 11.6 Å². The van der Waals surface area contributed by atoms with E-state index in [0.29, 0.717) is 0 Å². The summed E-state index contributed by atoms with van der Waals surface area (Å²) < 4.78 is 40.8. The van der Waals surface area contributed by atoms with E-state index < -0.39 is 12.8 Å². The molecule has 0 aliphatic heterocycles. The summed E-state index contributed by atoms with van der Waals surface area (Å²) in [6.45, 7) is 2.68. The van der Waals surface area contributed by atoms with Crippen molar-refractivity contribution in [3.05, 3.63) is 28.8 Å². The van der Waals surface area contributed by atoms with Crippen LogP contribution in [-0.2, 0) is 0 Å². The van der Waals surface area contributed by atoms with E-state index in [1.807, 2.05) is 13.8 Å². The smallest absolute Gasteiger partial charge is 0.422 e.